The minimum atomic E-state index is -0.00927. The molecule has 0 amide bonds. The third kappa shape index (κ3) is 13.2. The molecule has 1 aromatic heterocycles. The Morgan fingerprint density at radius 1 is 1.00 bits per heavy atom. The van der Waals surface area contributed by atoms with Gasteiger partial charge in [0.15, 0.2) is 0 Å². The topological polar surface area (TPSA) is 92.9 Å². The van der Waals surface area contributed by atoms with Gasteiger partial charge in [0.05, 0.1) is 12.9 Å². The van der Waals surface area contributed by atoms with Crippen molar-refractivity contribution in [2.24, 2.45) is 0 Å². The molecule has 0 aromatic carbocycles. The molecular weight excluding hydrogens is 444 g/mol. The van der Waals surface area contributed by atoms with Gasteiger partial charge in [-0.25, -0.2) is 0 Å². The Balaban J connectivity index is 0.00000122. The van der Waals surface area contributed by atoms with Crippen LogP contribution in [0.3, 0.4) is 0 Å². The fourth-order valence-electron chi connectivity index (χ4n) is 2.52. The summed E-state index contributed by atoms with van der Waals surface area (Å²) in [5.41, 5.74) is 0. The normalized spacial score (nSPS) is 28.3. The summed E-state index contributed by atoms with van der Waals surface area (Å²) in [7, 11) is 9.59. The van der Waals surface area contributed by atoms with Gasteiger partial charge in [0.2, 0.25) is 0 Å². The fourth-order valence-corrected chi connectivity index (χ4v) is 2.52. The zero-order valence-corrected chi connectivity index (χ0v) is 19.4. The molecule has 1 aliphatic heterocycles. The zero-order valence-electron chi connectivity index (χ0n) is 16.7. The van der Waals surface area contributed by atoms with E-state index in [4.69, 9.17) is 40.0 Å². The standard InChI is InChI=1S/C18H30N5O2.2ClH.Mn/c1-14-9-19-6-7-20-10-16(3)23-17(12-22-15(2)11-21-14)13-25-18-5-4-8-24-18;;;/h4-5,8,14-17H,6-7,9-13H2,1-3H3;2*1H;/q-5;;;+2/p-2/t14-,15+,16-,17+;;;/m0.../s1. The molecule has 1 aliphatic rings. The molecule has 0 spiro atoms. The minimum absolute atomic E-state index is 0.00694. The van der Waals surface area contributed by atoms with Gasteiger partial charge in [-0.3, -0.25) is 0 Å². The molecule has 0 aliphatic carbocycles. The first kappa shape index (κ1) is 26.0. The summed E-state index contributed by atoms with van der Waals surface area (Å²) in [6, 6.07) is 4.16. The Morgan fingerprint density at radius 3 is 2.25 bits per heavy atom. The number of rotatable bonds is 3. The fraction of sp³-hybridized carbons (Fsp3) is 0.778. The van der Waals surface area contributed by atoms with Crippen molar-refractivity contribution in [1.29, 1.82) is 0 Å². The molecule has 2 rings (SSSR count). The molecule has 4 atom stereocenters. The number of ether oxygens (including phenoxy) is 1. The van der Waals surface area contributed by atoms with Gasteiger partial charge in [-0.2, -0.15) is 57.4 Å². The van der Waals surface area contributed by atoms with Crippen molar-refractivity contribution in [3.63, 3.8) is 0 Å². The molecule has 0 unspecified atom stereocenters. The van der Waals surface area contributed by atoms with Gasteiger partial charge in [-0.05, 0) is 6.07 Å². The second-order valence-corrected chi connectivity index (χ2v) is 8.59. The van der Waals surface area contributed by atoms with Gasteiger partial charge in [0.1, 0.15) is 0 Å². The first-order chi connectivity index (χ1) is 13.5. The maximum absolute atomic E-state index is 5.69. The van der Waals surface area contributed by atoms with Crippen LogP contribution in [0.1, 0.15) is 20.8 Å². The summed E-state index contributed by atoms with van der Waals surface area (Å²) < 4.78 is 10.9. The van der Waals surface area contributed by atoms with E-state index < -0.39 is 0 Å². The van der Waals surface area contributed by atoms with Crippen molar-refractivity contribution in [3.05, 3.63) is 45.0 Å². The van der Waals surface area contributed by atoms with Gasteiger partial charge in [-0.1, -0.05) is 20.8 Å². The van der Waals surface area contributed by atoms with E-state index in [0.29, 0.717) is 25.6 Å². The molecule has 28 heavy (non-hydrogen) atoms. The van der Waals surface area contributed by atoms with Crippen molar-refractivity contribution in [2.75, 3.05) is 45.9 Å². The molecule has 1 aromatic rings. The van der Waals surface area contributed by atoms with Gasteiger partial charge in [0.25, 0.3) is 5.95 Å². The maximum atomic E-state index is 5.69. The Bertz CT molecular complexity index is 473. The van der Waals surface area contributed by atoms with Crippen molar-refractivity contribution in [3.8, 4) is 5.95 Å². The third-order valence-corrected chi connectivity index (χ3v) is 3.89. The second-order valence-electron chi connectivity index (χ2n) is 6.64. The van der Waals surface area contributed by atoms with Crippen LogP contribution in [-0.2, 0) is 13.1 Å². The molecule has 10 heteroatoms. The molecule has 7 nitrogen and oxygen atoms in total. The first-order valence-electron chi connectivity index (χ1n) is 9.38. The molecule has 0 N–H and O–H groups in total. The number of halogens is 2. The van der Waals surface area contributed by atoms with Crippen LogP contribution in [0.25, 0.3) is 26.6 Å². The molecule has 0 radical (unpaired) electrons. The summed E-state index contributed by atoms with van der Waals surface area (Å²) in [5.74, 6) is 0.516. The van der Waals surface area contributed by atoms with E-state index in [1.54, 1.807) is 12.3 Å². The van der Waals surface area contributed by atoms with E-state index in [1.807, 2.05) is 6.07 Å². The molecule has 0 bridgehead atoms. The van der Waals surface area contributed by atoms with Crippen LogP contribution in [0.4, 0.5) is 0 Å². The van der Waals surface area contributed by atoms with Crippen LogP contribution >= 0.6 is 20.2 Å². The van der Waals surface area contributed by atoms with Crippen LogP contribution in [0.2, 0.25) is 0 Å². The van der Waals surface area contributed by atoms with Gasteiger partial charge < -0.3 is 35.7 Å². The molecule has 1 saturated heterocycles. The van der Waals surface area contributed by atoms with E-state index in [1.165, 1.54) is 0 Å². The van der Waals surface area contributed by atoms with Gasteiger partial charge >= 0.3 is 33.3 Å². The Kier molecular flexibility index (Phi) is 15.6. The number of hydrogen-bond donors (Lipinski definition) is 0. The van der Waals surface area contributed by atoms with Crippen LogP contribution in [0, 0.1) is 0 Å². The predicted octanol–water partition coefficient (Wildman–Crippen LogP) is 5.45. The summed E-state index contributed by atoms with van der Waals surface area (Å²) in [6.07, 6.45) is 1.60. The average Bonchev–Trinajstić information content (AvgIpc) is 3.18. The summed E-state index contributed by atoms with van der Waals surface area (Å²) in [4.78, 5) is 0. The number of furan rings is 1. The van der Waals surface area contributed by atoms with Gasteiger partial charge in [0, 0.05) is 6.07 Å². The average molecular weight is 474 g/mol. The Morgan fingerprint density at radius 2 is 1.61 bits per heavy atom. The zero-order chi connectivity index (χ0) is 20.6. The van der Waals surface area contributed by atoms with E-state index in [0.717, 1.165) is 26.2 Å². The number of hydrogen-bond acceptors (Lipinski definition) is 2. The van der Waals surface area contributed by atoms with Crippen LogP contribution in [-0.4, -0.2) is 70.0 Å². The third-order valence-electron chi connectivity index (χ3n) is 3.89. The van der Waals surface area contributed by atoms with Crippen molar-refractivity contribution < 1.29 is 22.3 Å². The van der Waals surface area contributed by atoms with E-state index in [2.05, 4.69) is 36.7 Å². The Labute approximate surface area is 184 Å². The molecule has 165 valence electrons. The molecule has 0 saturated carbocycles. The molecule has 2 heterocycles. The first-order valence-corrected chi connectivity index (χ1v) is 12.6. The van der Waals surface area contributed by atoms with Crippen LogP contribution in [0.5, 0.6) is 5.95 Å². The predicted molar refractivity (Wildman–Crippen MR) is 114 cm³/mol. The monoisotopic (exact) mass is 473 g/mol. The Hall–Kier alpha value is -0.0205. The van der Waals surface area contributed by atoms with Crippen molar-refractivity contribution in [1.82, 2.24) is 0 Å². The van der Waals surface area contributed by atoms with Crippen LogP contribution in [0.15, 0.2) is 22.8 Å². The van der Waals surface area contributed by atoms with E-state index in [9.17, 15) is 0 Å². The van der Waals surface area contributed by atoms with Gasteiger partial charge in [-0.15, -0.1) is 6.04 Å². The molecular formula is C18H30Cl2MnN5O2-5. The summed E-state index contributed by atoms with van der Waals surface area (Å²) >= 11 is 0.00694. The quantitative estimate of drug-likeness (QED) is 0.545. The van der Waals surface area contributed by atoms with E-state index >= 15 is 0 Å². The summed E-state index contributed by atoms with van der Waals surface area (Å²) in [6.45, 7) is 11.1. The summed E-state index contributed by atoms with van der Waals surface area (Å²) in [5, 5.41) is 23.2. The molecule has 1 fully saturated rings. The van der Waals surface area contributed by atoms with E-state index in [-0.39, 0.29) is 37.3 Å². The van der Waals surface area contributed by atoms with Crippen molar-refractivity contribution >= 4 is 20.2 Å². The number of nitrogens with zero attached hydrogens (tertiary/aromatic N) is 5. The SMILES string of the molecule is C[C@@H]1C[N-][C@@H](C)C[N-]CC[N-]C[C@H](C)[N-][C@@H](COc2ccco2)C[N-]1.[Cl][Mn][Cl]. The second kappa shape index (κ2) is 16.7. The van der Waals surface area contributed by atoms with Crippen LogP contribution < -0.4 is 4.74 Å². The van der Waals surface area contributed by atoms with Crippen molar-refractivity contribution in [2.45, 2.75) is 44.9 Å².